The van der Waals surface area contributed by atoms with E-state index in [2.05, 4.69) is 20.3 Å². The van der Waals surface area contributed by atoms with Crippen LogP contribution in [0.3, 0.4) is 0 Å². The lowest BCUT2D eigenvalue weighted by Crippen LogP contribution is -2.40. The summed E-state index contributed by atoms with van der Waals surface area (Å²) in [4.78, 5) is 6.83. The highest BCUT2D eigenvalue weighted by Gasteiger charge is 2.21. The fourth-order valence-electron chi connectivity index (χ4n) is 2.70. The molecule has 0 unspecified atom stereocenters. The van der Waals surface area contributed by atoms with Crippen LogP contribution in [0.5, 0.6) is 0 Å². The zero-order valence-corrected chi connectivity index (χ0v) is 9.60. The second kappa shape index (κ2) is 4.51. The maximum Gasteiger partial charge on any atom is 0.141 e. The van der Waals surface area contributed by atoms with E-state index in [1.165, 1.54) is 32.5 Å². The summed E-state index contributed by atoms with van der Waals surface area (Å²) in [6.45, 7) is 6.71. The molecule has 1 aromatic rings. The van der Waals surface area contributed by atoms with E-state index >= 15 is 0 Å². The average molecular weight is 221 g/mol. The molecular weight excluding hydrogens is 202 g/mol. The van der Waals surface area contributed by atoms with Gasteiger partial charge in [-0.1, -0.05) is 0 Å². The molecule has 0 bridgehead atoms. The number of fused-ring (bicyclic) bond motifs is 1. The molecule has 0 atom stereocenters. The van der Waals surface area contributed by atoms with Crippen LogP contribution in [0.1, 0.15) is 18.7 Å². The largest absolute Gasteiger partial charge is 0.317 e. The van der Waals surface area contributed by atoms with Gasteiger partial charge in [0.25, 0.3) is 0 Å². The lowest BCUT2D eigenvalue weighted by Gasteiger charge is -2.32. The molecular formula is C11H19N5. The number of aromatic nitrogens is 3. The molecule has 0 aliphatic carbocycles. The maximum atomic E-state index is 4.30. The quantitative estimate of drug-likeness (QED) is 0.769. The first-order chi connectivity index (χ1) is 7.92. The molecule has 3 heterocycles. The minimum absolute atomic E-state index is 0.871. The summed E-state index contributed by atoms with van der Waals surface area (Å²) in [7, 11) is 0. The third-order valence-corrected chi connectivity index (χ3v) is 3.66. The molecule has 5 nitrogen and oxygen atoms in total. The zero-order chi connectivity index (χ0) is 10.8. The molecule has 1 aromatic heterocycles. The minimum Gasteiger partial charge on any atom is -0.317 e. The first-order valence-electron chi connectivity index (χ1n) is 6.21. The van der Waals surface area contributed by atoms with E-state index in [4.69, 9.17) is 0 Å². The number of hydrogen-bond donors (Lipinski definition) is 1. The number of nitrogens with one attached hydrogen (secondary N) is 1. The van der Waals surface area contributed by atoms with Gasteiger partial charge in [0.05, 0.1) is 13.1 Å². The molecule has 0 aromatic carbocycles. The summed E-state index contributed by atoms with van der Waals surface area (Å²) < 4.78 is 2.03. The van der Waals surface area contributed by atoms with Gasteiger partial charge in [-0.15, -0.1) is 0 Å². The molecule has 0 radical (unpaired) electrons. The fourth-order valence-corrected chi connectivity index (χ4v) is 2.70. The monoisotopic (exact) mass is 221 g/mol. The smallest absolute Gasteiger partial charge is 0.141 e. The van der Waals surface area contributed by atoms with Gasteiger partial charge < -0.3 is 5.32 Å². The van der Waals surface area contributed by atoms with Gasteiger partial charge in [-0.3, -0.25) is 4.90 Å². The van der Waals surface area contributed by atoms with Crippen LogP contribution in [0, 0.1) is 5.92 Å². The van der Waals surface area contributed by atoms with Crippen LogP contribution in [0.4, 0.5) is 0 Å². The molecule has 1 saturated heterocycles. The topological polar surface area (TPSA) is 46.0 Å². The lowest BCUT2D eigenvalue weighted by atomic mass is 9.97. The van der Waals surface area contributed by atoms with Crippen molar-refractivity contribution in [3.63, 3.8) is 0 Å². The van der Waals surface area contributed by atoms with Crippen LogP contribution < -0.4 is 5.32 Å². The summed E-state index contributed by atoms with van der Waals surface area (Å²) >= 11 is 0. The van der Waals surface area contributed by atoms with Crippen molar-refractivity contribution in [1.82, 2.24) is 25.0 Å². The Hall–Kier alpha value is -0.940. The van der Waals surface area contributed by atoms with Crippen molar-refractivity contribution in [3.8, 4) is 0 Å². The van der Waals surface area contributed by atoms with Gasteiger partial charge in [0.2, 0.25) is 0 Å². The van der Waals surface area contributed by atoms with Gasteiger partial charge in [-0.05, 0) is 31.8 Å². The Kier molecular flexibility index (Phi) is 2.88. The lowest BCUT2D eigenvalue weighted by molar-refractivity contribution is 0.163. The van der Waals surface area contributed by atoms with Crippen LogP contribution in [0.25, 0.3) is 0 Å². The summed E-state index contributed by atoms with van der Waals surface area (Å²) in [6.07, 6.45) is 4.32. The Balaban J connectivity index is 1.57. The second-order valence-corrected chi connectivity index (χ2v) is 4.83. The van der Waals surface area contributed by atoms with E-state index < -0.39 is 0 Å². The molecule has 0 saturated carbocycles. The maximum absolute atomic E-state index is 4.30. The molecule has 1 N–H and O–H groups in total. The fraction of sp³-hybridized carbons (Fsp3) is 0.818. The van der Waals surface area contributed by atoms with Crippen molar-refractivity contribution < 1.29 is 0 Å². The van der Waals surface area contributed by atoms with Gasteiger partial charge in [0.15, 0.2) is 0 Å². The SMILES string of the molecule is c1nc2n(n1)CCN(CC1CCNCC1)C2. The Morgan fingerprint density at radius 2 is 2.19 bits per heavy atom. The molecule has 88 valence electrons. The normalized spacial score (nSPS) is 23.2. The highest BCUT2D eigenvalue weighted by Crippen LogP contribution is 2.16. The molecule has 3 rings (SSSR count). The molecule has 1 fully saturated rings. The Morgan fingerprint density at radius 3 is 3.06 bits per heavy atom. The number of hydrogen-bond acceptors (Lipinski definition) is 4. The average Bonchev–Trinajstić information content (AvgIpc) is 2.77. The standard InChI is InChI=1S/C11H19N5/c1-3-12-4-2-10(1)7-15-5-6-16-11(8-15)13-9-14-16/h9-10,12H,1-8H2. The van der Waals surface area contributed by atoms with Gasteiger partial charge in [0, 0.05) is 13.1 Å². The van der Waals surface area contributed by atoms with Crippen molar-refractivity contribution in [1.29, 1.82) is 0 Å². The van der Waals surface area contributed by atoms with Crippen molar-refractivity contribution >= 4 is 0 Å². The predicted octanol–water partition coefficient (Wildman–Crippen LogP) is 0.0933. The Morgan fingerprint density at radius 1 is 1.31 bits per heavy atom. The van der Waals surface area contributed by atoms with Gasteiger partial charge >= 0.3 is 0 Å². The first kappa shape index (κ1) is 10.2. The minimum atomic E-state index is 0.871. The van der Waals surface area contributed by atoms with Crippen LogP contribution in [-0.2, 0) is 13.1 Å². The van der Waals surface area contributed by atoms with E-state index in [0.29, 0.717) is 0 Å². The van der Waals surface area contributed by atoms with Gasteiger partial charge in [0.1, 0.15) is 12.2 Å². The van der Waals surface area contributed by atoms with Crippen molar-refractivity contribution in [2.45, 2.75) is 25.9 Å². The number of rotatable bonds is 2. The van der Waals surface area contributed by atoms with Crippen LogP contribution in [-0.4, -0.2) is 45.8 Å². The summed E-state index contributed by atoms with van der Waals surface area (Å²) in [5, 5.41) is 7.63. The van der Waals surface area contributed by atoms with Crippen LogP contribution in [0.15, 0.2) is 6.33 Å². The summed E-state index contributed by atoms with van der Waals surface area (Å²) in [6, 6.07) is 0. The molecule has 2 aliphatic rings. The highest BCUT2D eigenvalue weighted by atomic mass is 15.4. The molecule has 2 aliphatic heterocycles. The zero-order valence-electron chi connectivity index (χ0n) is 9.60. The molecule has 5 heteroatoms. The van der Waals surface area contributed by atoms with Crippen LogP contribution >= 0.6 is 0 Å². The molecule has 0 spiro atoms. The number of piperidine rings is 1. The first-order valence-corrected chi connectivity index (χ1v) is 6.21. The van der Waals surface area contributed by atoms with Gasteiger partial charge in [-0.25, -0.2) is 9.67 Å². The van der Waals surface area contributed by atoms with E-state index in [0.717, 1.165) is 31.4 Å². The Bertz CT molecular complexity index is 342. The van der Waals surface area contributed by atoms with E-state index in [1.54, 1.807) is 6.33 Å². The van der Waals surface area contributed by atoms with Crippen molar-refractivity contribution in [2.24, 2.45) is 5.92 Å². The summed E-state index contributed by atoms with van der Waals surface area (Å²) in [5.41, 5.74) is 0. The molecule has 0 amide bonds. The van der Waals surface area contributed by atoms with E-state index in [1.807, 2.05) is 4.68 Å². The molecule has 16 heavy (non-hydrogen) atoms. The van der Waals surface area contributed by atoms with Gasteiger partial charge in [-0.2, -0.15) is 5.10 Å². The van der Waals surface area contributed by atoms with Crippen LogP contribution in [0.2, 0.25) is 0 Å². The number of nitrogens with zero attached hydrogens (tertiary/aromatic N) is 4. The summed E-state index contributed by atoms with van der Waals surface area (Å²) in [5.74, 6) is 2.00. The van der Waals surface area contributed by atoms with E-state index in [-0.39, 0.29) is 0 Å². The Labute approximate surface area is 95.8 Å². The third-order valence-electron chi connectivity index (χ3n) is 3.66. The third kappa shape index (κ3) is 2.10. The second-order valence-electron chi connectivity index (χ2n) is 4.83. The van der Waals surface area contributed by atoms with Crippen molar-refractivity contribution in [3.05, 3.63) is 12.2 Å². The highest BCUT2D eigenvalue weighted by molar-refractivity contribution is 4.89. The van der Waals surface area contributed by atoms with Crippen molar-refractivity contribution in [2.75, 3.05) is 26.2 Å². The van der Waals surface area contributed by atoms with E-state index in [9.17, 15) is 0 Å². The predicted molar refractivity (Wildman–Crippen MR) is 60.9 cm³/mol.